The van der Waals surface area contributed by atoms with Crippen LogP contribution in [0.3, 0.4) is 0 Å². The highest BCUT2D eigenvalue weighted by atomic mass is 16.5. The Morgan fingerprint density at radius 3 is 1.55 bits per heavy atom. The van der Waals surface area contributed by atoms with Crippen molar-refractivity contribution in [1.82, 2.24) is 0 Å². The first kappa shape index (κ1) is 23.1. The van der Waals surface area contributed by atoms with Crippen molar-refractivity contribution in [2.75, 3.05) is 0 Å². The van der Waals surface area contributed by atoms with Crippen molar-refractivity contribution in [3.05, 3.63) is 64.9 Å². The van der Waals surface area contributed by atoms with Gasteiger partial charge in [0.25, 0.3) is 0 Å². The summed E-state index contributed by atoms with van der Waals surface area (Å²) in [4.78, 5) is 0.727. The second-order valence-electron chi connectivity index (χ2n) is 8.03. The predicted octanol–water partition coefficient (Wildman–Crippen LogP) is 8.64. The molecule has 0 spiro atoms. The van der Waals surface area contributed by atoms with Gasteiger partial charge in [0.2, 0.25) is 5.69 Å². The Morgan fingerprint density at radius 2 is 1.07 bits per heavy atom. The lowest BCUT2D eigenvalue weighted by Gasteiger charge is -2.04. The maximum absolute atomic E-state index is 12.4. The monoisotopic (exact) mass is 394 g/mol. The number of benzene rings is 2. The van der Waals surface area contributed by atoms with Crippen LogP contribution >= 0.6 is 0 Å². The lowest BCUT2D eigenvalue weighted by Crippen LogP contribution is -1.92. The zero-order valence-corrected chi connectivity index (χ0v) is 18.4. The minimum atomic E-state index is 0.583. The Balaban J connectivity index is 1.82. The van der Waals surface area contributed by atoms with E-state index in [1.807, 2.05) is 24.3 Å². The predicted molar refractivity (Wildman–Crippen MR) is 123 cm³/mol. The van der Waals surface area contributed by atoms with Gasteiger partial charge in [-0.25, -0.2) is 0 Å². The molecule has 0 aliphatic rings. The van der Waals surface area contributed by atoms with Crippen LogP contribution in [0.15, 0.2) is 53.6 Å². The summed E-state index contributed by atoms with van der Waals surface area (Å²) in [6.07, 6.45) is 15.1. The molecule has 0 fully saturated rings. The van der Waals surface area contributed by atoms with Crippen LogP contribution < -0.4 is 0 Å². The normalized spacial score (nSPS) is 11.7. The van der Waals surface area contributed by atoms with Crippen molar-refractivity contribution < 1.29 is 4.86 Å². The topological polar surface area (TPSA) is 38.4 Å². The summed E-state index contributed by atoms with van der Waals surface area (Å²) in [5.74, 6) is 0. The highest BCUT2D eigenvalue weighted by molar-refractivity contribution is 5.38. The second-order valence-corrected chi connectivity index (χ2v) is 8.03. The molecule has 3 heteroatoms. The molecule has 0 aliphatic carbocycles. The first-order chi connectivity index (χ1) is 14.2. The molecule has 0 radical (unpaired) electrons. The molecule has 0 bridgehead atoms. The van der Waals surface area contributed by atoms with E-state index >= 15 is 0 Å². The molecular formula is C26H38N2O. The molecule has 0 amide bonds. The molecule has 0 aliphatic heterocycles. The molecule has 0 N–H and O–H groups in total. The van der Waals surface area contributed by atoms with E-state index in [9.17, 15) is 5.21 Å². The quantitative estimate of drug-likeness (QED) is 0.137. The first-order valence-corrected chi connectivity index (χ1v) is 11.6. The second kappa shape index (κ2) is 13.9. The number of azo groups is 1. The number of aryl methyl sites for hydroxylation is 2. The van der Waals surface area contributed by atoms with E-state index in [1.165, 1.54) is 75.3 Å². The Labute approximate surface area is 177 Å². The molecule has 2 aromatic carbocycles. The molecule has 0 atom stereocenters. The van der Waals surface area contributed by atoms with Crippen molar-refractivity contribution >= 4 is 11.4 Å². The number of rotatable bonds is 14. The van der Waals surface area contributed by atoms with E-state index in [0.29, 0.717) is 11.4 Å². The summed E-state index contributed by atoms with van der Waals surface area (Å²) in [6, 6.07) is 15.9. The Bertz CT molecular complexity index is 704. The zero-order chi connectivity index (χ0) is 20.7. The number of nitrogens with zero attached hydrogens (tertiary/aromatic N) is 2. The SMILES string of the molecule is CCCCCCCc1ccc(N=[N+]([O-])c2ccc(CCCCCCC)cc2)cc1. The summed E-state index contributed by atoms with van der Waals surface area (Å²) in [7, 11) is 0. The van der Waals surface area contributed by atoms with Gasteiger partial charge in [0, 0.05) is 17.2 Å². The molecule has 0 heterocycles. The summed E-state index contributed by atoms with van der Waals surface area (Å²) < 4.78 is 0. The molecule has 158 valence electrons. The first-order valence-electron chi connectivity index (χ1n) is 11.6. The third kappa shape index (κ3) is 9.25. The average Bonchev–Trinajstić information content (AvgIpc) is 2.75. The fourth-order valence-electron chi connectivity index (χ4n) is 3.55. The van der Waals surface area contributed by atoms with Gasteiger partial charge < -0.3 is 5.21 Å². The zero-order valence-electron chi connectivity index (χ0n) is 18.4. The van der Waals surface area contributed by atoms with E-state index in [2.05, 4.69) is 43.2 Å². The van der Waals surface area contributed by atoms with Crippen molar-refractivity contribution in [1.29, 1.82) is 0 Å². The van der Waals surface area contributed by atoms with Gasteiger partial charge in [-0.3, -0.25) is 0 Å². The van der Waals surface area contributed by atoms with E-state index in [1.54, 1.807) is 0 Å². The van der Waals surface area contributed by atoms with E-state index in [4.69, 9.17) is 0 Å². The van der Waals surface area contributed by atoms with Gasteiger partial charge in [-0.05, 0) is 48.9 Å². The van der Waals surface area contributed by atoms with Crippen molar-refractivity contribution in [2.45, 2.75) is 90.9 Å². The number of unbranched alkanes of at least 4 members (excludes halogenated alkanes) is 8. The van der Waals surface area contributed by atoms with Crippen LogP contribution in [0.1, 0.15) is 89.2 Å². The largest absolute Gasteiger partial charge is 0.594 e. The summed E-state index contributed by atoms with van der Waals surface area (Å²) in [5.41, 5.74) is 3.90. The van der Waals surface area contributed by atoms with E-state index < -0.39 is 0 Å². The van der Waals surface area contributed by atoms with Gasteiger partial charge in [0.15, 0.2) is 0 Å². The van der Waals surface area contributed by atoms with Crippen LogP contribution in [0.2, 0.25) is 0 Å². The van der Waals surface area contributed by atoms with Crippen molar-refractivity contribution in [2.24, 2.45) is 5.11 Å². The van der Waals surface area contributed by atoms with Crippen molar-refractivity contribution in [3.63, 3.8) is 0 Å². The fourth-order valence-corrected chi connectivity index (χ4v) is 3.55. The molecule has 0 saturated carbocycles. The van der Waals surface area contributed by atoms with E-state index in [0.717, 1.165) is 17.7 Å². The van der Waals surface area contributed by atoms with Gasteiger partial charge in [-0.15, -0.1) is 0 Å². The molecule has 2 rings (SSSR count). The molecule has 2 aromatic rings. The molecule has 0 aromatic heterocycles. The van der Waals surface area contributed by atoms with Gasteiger partial charge >= 0.3 is 0 Å². The Hall–Kier alpha value is -2.16. The molecule has 0 unspecified atom stereocenters. The maximum Gasteiger partial charge on any atom is 0.244 e. The summed E-state index contributed by atoms with van der Waals surface area (Å²) in [6.45, 7) is 4.48. The average molecular weight is 395 g/mol. The van der Waals surface area contributed by atoms with E-state index in [-0.39, 0.29) is 0 Å². The van der Waals surface area contributed by atoms with Crippen LogP contribution in [-0.2, 0) is 12.8 Å². The number of hydrogen-bond donors (Lipinski definition) is 0. The third-order valence-electron chi connectivity index (χ3n) is 5.44. The highest BCUT2D eigenvalue weighted by Gasteiger charge is 2.05. The fraction of sp³-hybridized carbons (Fsp3) is 0.538. The van der Waals surface area contributed by atoms with Crippen molar-refractivity contribution in [3.8, 4) is 0 Å². The van der Waals surface area contributed by atoms with Crippen LogP contribution in [0, 0.1) is 5.21 Å². The van der Waals surface area contributed by atoms with Gasteiger partial charge in [0.05, 0.1) is 0 Å². The molecule has 3 nitrogen and oxygen atoms in total. The standard InChI is InChI=1S/C26H38N2O/c1-3-5-7-9-11-13-23-15-19-25(20-16-23)27-28(29)26-21-17-24(18-22-26)14-12-10-8-6-4-2/h15-22H,3-14H2,1-2H3. The van der Waals surface area contributed by atoms with Crippen LogP contribution in [0.4, 0.5) is 11.4 Å². The molecular weight excluding hydrogens is 356 g/mol. The summed E-state index contributed by atoms with van der Waals surface area (Å²) in [5, 5.41) is 16.6. The lowest BCUT2D eigenvalue weighted by molar-refractivity contribution is -0.435. The Kier molecular flexibility index (Phi) is 11.1. The van der Waals surface area contributed by atoms with Gasteiger partial charge in [-0.2, -0.15) is 0 Å². The van der Waals surface area contributed by atoms with Crippen LogP contribution in [-0.4, -0.2) is 4.86 Å². The van der Waals surface area contributed by atoms with Crippen LogP contribution in [0.25, 0.3) is 0 Å². The molecule has 0 saturated heterocycles. The molecule has 29 heavy (non-hydrogen) atoms. The number of hydrogen-bond acceptors (Lipinski definition) is 2. The summed E-state index contributed by atoms with van der Waals surface area (Å²) >= 11 is 0. The smallest absolute Gasteiger partial charge is 0.244 e. The minimum absolute atomic E-state index is 0.583. The highest BCUT2D eigenvalue weighted by Crippen LogP contribution is 2.20. The third-order valence-corrected chi connectivity index (χ3v) is 5.44. The lowest BCUT2D eigenvalue weighted by atomic mass is 10.1. The maximum atomic E-state index is 12.4. The minimum Gasteiger partial charge on any atom is -0.594 e. The van der Waals surface area contributed by atoms with Gasteiger partial charge in [0.1, 0.15) is 5.69 Å². The van der Waals surface area contributed by atoms with Gasteiger partial charge in [-0.1, -0.05) is 94.3 Å². The Morgan fingerprint density at radius 1 is 0.621 bits per heavy atom. The van der Waals surface area contributed by atoms with Crippen LogP contribution in [0.5, 0.6) is 0 Å².